The monoisotopic (exact) mass is 371 g/mol. The number of pyridine rings is 1. The smallest absolute Gasteiger partial charge is 0.410 e. The molecule has 8 heteroatoms. The molecule has 2 aromatic rings. The van der Waals surface area contributed by atoms with Crippen molar-refractivity contribution >= 4 is 12.0 Å². The zero-order chi connectivity index (χ0) is 19.1. The molecule has 1 aromatic heterocycles. The molecule has 1 aromatic carbocycles. The number of benzene rings is 1. The molecule has 2 N–H and O–H groups in total. The largest absolute Gasteiger partial charge is 0.508 e. The van der Waals surface area contributed by atoms with Crippen molar-refractivity contribution in [2.75, 3.05) is 26.2 Å². The summed E-state index contributed by atoms with van der Waals surface area (Å²) in [6.45, 7) is 1.61. The van der Waals surface area contributed by atoms with Gasteiger partial charge in [0.1, 0.15) is 12.4 Å². The lowest BCUT2D eigenvalue weighted by atomic mass is 10.2. The number of nitrogens with zero attached hydrogens (tertiary/aromatic N) is 2. The molecule has 1 aliphatic rings. The first-order valence-corrected chi connectivity index (χ1v) is 8.61. The number of phenols is 1. The van der Waals surface area contributed by atoms with Crippen molar-refractivity contribution < 1.29 is 24.2 Å². The van der Waals surface area contributed by atoms with Crippen molar-refractivity contribution in [3.63, 3.8) is 0 Å². The molecule has 1 aliphatic heterocycles. The van der Waals surface area contributed by atoms with Crippen LogP contribution in [0.15, 0.2) is 48.8 Å². The molecule has 0 spiro atoms. The first-order valence-electron chi connectivity index (χ1n) is 8.61. The first kappa shape index (κ1) is 18.7. The Morgan fingerprint density at radius 1 is 1.22 bits per heavy atom. The van der Waals surface area contributed by atoms with Gasteiger partial charge in [-0.2, -0.15) is 0 Å². The third kappa shape index (κ3) is 5.42. The van der Waals surface area contributed by atoms with Crippen LogP contribution in [0.2, 0.25) is 0 Å². The summed E-state index contributed by atoms with van der Waals surface area (Å²) in [5.41, 5.74) is 1.31. The number of nitrogens with one attached hydrogen (secondary N) is 1. The molecule has 0 aliphatic carbocycles. The van der Waals surface area contributed by atoms with E-state index in [0.29, 0.717) is 25.3 Å². The Morgan fingerprint density at radius 2 is 1.96 bits per heavy atom. The van der Waals surface area contributed by atoms with E-state index in [1.54, 1.807) is 29.4 Å². The second kappa shape index (κ2) is 9.00. The number of morpholine rings is 1. The van der Waals surface area contributed by atoms with Crippen LogP contribution >= 0.6 is 0 Å². The molecular weight excluding hydrogens is 350 g/mol. The second-order valence-corrected chi connectivity index (χ2v) is 6.11. The van der Waals surface area contributed by atoms with Crippen LogP contribution in [0, 0.1) is 0 Å². The number of amides is 2. The highest BCUT2D eigenvalue weighted by molar-refractivity contribution is 5.94. The molecule has 1 fully saturated rings. The number of hydrogen-bond donors (Lipinski definition) is 2. The van der Waals surface area contributed by atoms with E-state index in [9.17, 15) is 14.7 Å². The number of carbonyl (C=O) groups is 2. The third-order valence-electron chi connectivity index (χ3n) is 4.13. The Labute approximate surface area is 156 Å². The summed E-state index contributed by atoms with van der Waals surface area (Å²) >= 11 is 0. The number of phenolic OH excluding ortho intramolecular Hbond substituents is 1. The molecule has 2 heterocycles. The van der Waals surface area contributed by atoms with Crippen LogP contribution in [-0.2, 0) is 16.1 Å². The van der Waals surface area contributed by atoms with Gasteiger partial charge in [-0.05, 0) is 42.0 Å². The average Bonchev–Trinajstić information content (AvgIpc) is 2.71. The number of rotatable bonds is 5. The number of aromatic hydroxyl groups is 1. The fourth-order valence-corrected chi connectivity index (χ4v) is 2.65. The normalized spacial score (nSPS) is 16.6. The summed E-state index contributed by atoms with van der Waals surface area (Å²) in [4.78, 5) is 29.8. The maximum absolute atomic E-state index is 12.2. The molecule has 1 saturated heterocycles. The summed E-state index contributed by atoms with van der Waals surface area (Å²) in [6.07, 6.45) is 2.56. The van der Waals surface area contributed by atoms with E-state index in [2.05, 4.69) is 10.3 Å². The zero-order valence-electron chi connectivity index (χ0n) is 14.7. The van der Waals surface area contributed by atoms with Crippen molar-refractivity contribution in [1.82, 2.24) is 15.2 Å². The fourth-order valence-electron chi connectivity index (χ4n) is 2.65. The van der Waals surface area contributed by atoms with Gasteiger partial charge >= 0.3 is 6.09 Å². The van der Waals surface area contributed by atoms with Crippen molar-refractivity contribution in [3.05, 3.63) is 59.9 Å². The van der Waals surface area contributed by atoms with Crippen LogP contribution < -0.4 is 5.32 Å². The average molecular weight is 371 g/mol. The van der Waals surface area contributed by atoms with Crippen LogP contribution in [0.4, 0.5) is 4.79 Å². The van der Waals surface area contributed by atoms with E-state index in [1.165, 1.54) is 24.3 Å². The molecule has 0 bridgehead atoms. The molecule has 2 amide bonds. The first-order chi connectivity index (χ1) is 13.1. The van der Waals surface area contributed by atoms with Crippen molar-refractivity contribution in [3.8, 4) is 5.75 Å². The van der Waals surface area contributed by atoms with Gasteiger partial charge in [0, 0.05) is 31.0 Å². The predicted molar refractivity (Wildman–Crippen MR) is 96.2 cm³/mol. The Balaban J connectivity index is 1.45. The van der Waals surface area contributed by atoms with Crippen LogP contribution in [-0.4, -0.2) is 59.3 Å². The summed E-state index contributed by atoms with van der Waals surface area (Å²) in [5, 5.41) is 12.0. The van der Waals surface area contributed by atoms with Gasteiger partial charge < -0.3 is 24.8 Å². The summed E-state index contributed by atoms with van der Waals surface area (Å²) < 4.78 is 10.9. The quantitative estimate of drug-likeness (QED) is 0.827. The zero-order valence-corrected chi connectivity index (χ0v) is 14.7. The topological polar surface area (TPSA) is 101 Å². The Bertz CT molecular complexity index is 767. The lowest BCUT2D eigenvalue weighted by molar-refractivity contribution is -0.0263. The number of aromatic nitrogens is 1. The van der Waals surface area contributed by atoms with Crippen LogP contribution in [0.5, 0.6) is 5.75 Å². The molecule has 0 saturated carbocycles. The molecule has 3 rings (SSSR count). The molecule has 1 unspecified atom stereocenters. The Morgan fingerprint density at radius 3 is 2.70 bits per heavy atom. The predicted octanol–water partition coefficient (Wildman–Crippen LogP) is 1.55. The molecule has 27 heavy (non-hydrogen) atoms. The van der Waals surface area contributed by atoms with Gasteiger partial charge in [0.05, 0.1) is 19.3 Å². The van der Waals surface area contributed by atoms with E-state index in [4.69, 9.17) is 9.47 Å². The van der Waals surface area contributed by atoms with Crippen molar-refractivity contribution in [2.24, 2.45) is 0 Å². The summed E-state index contributed by atoms with van der Waals surface area (Å²) in [6, 6.07) is 9.55. The van der Waals surface area contributed by atoms with Crippen LogP contribution in [0.25, 0.3) is 0 Å². The minimum Gasteiger partial charge on any atom is -0.508 e. The number of ether oxygens (including phenoxy) is 2. The number of hydrogen-bond acceptors (Lipinski definition) is 6. The van der Waals surface area contributed by atoms with E-state index in [-0.39, 0.29) is 30.9 Å². The van der Waals surface area contributed by atoms with Gasteiger partial charge in [-0.25, -0.2) is 4.79 Å². The highest BCUT2D eigenvalue weighted by Crippen LogP contribution is 2.11. The molecule has 142 valence electrons. The maximum Gasteiger partial charge on any atom is 0.410 e. The van der Waals surface area contributed by atoms with Gasteiger partial charge in [-0.3, -0.25) is 9.78 Å². The minimum atomic E-state index is -0.412. The SMILES string of the molecule is O=C(NCC1CN(C(=O)OCc2ccncc2)CCO1)c1ccc(O)cc1. The van der Waals surface area contributed by atoms with Crippen molar-refractivity contribution in [1.29, 1.82) is 0 Å². The van der Waals surface area contributed by atoms with Gasteiger partial charge in [-0.15, -0.1) is 0 Å². The second-order valence-electron chi connectivity index (χ2n) is 6.11. The van der Waals surface area contributed by atoms with E-state index < -0.39 is 6.09 Å². The number of carbonyl (C=O) groups excluding carboxylic acids is 2. The summed E-state index contributed by atoms with van der Waals surface area (Å²) in [7, 11) is 0. The highest BCUT2D eigenvalue weighted by Gasteiger charge is 2.25. The molecule has 8 nitrogen and oxygen atoms in total. The van der Waals surface area contributed by atoms with Gasteiger partial charge in [0.15, 0.2) is 0 Å². The fraction of sp³-hybridized carbons (Fsp3) is 0.316. The van der Waals surface area contributed by atoms with E-state index in [0.717, 1.165) is 5.56 Å². The molecular formula is C19H21N3O5. The van der Waals surface area contributed by atoms with Crippen LogP contribution in [0.1, 0.15) is 15.9 Å². The van der Waals surface area contributed by atoms with Crippen LogP contribution in [0.3, 0.4) is 0 Å². The van der Waals surface area contributed by atoms with Gasteiger partial charge in [0.25, 0.3) is 5.91 Å². The van der Waals surface area contributed by atoms with Gasteiger partial charge in [0.2, 0.25) is 0 Å². The minimum absolute atomic E-state index is 0.100. The maximum atomic E-state index is 12.2. The molecule has 0 radical (unpaired) electrons. The highest BCUT2D eigenvalue weighted by atomic mass is 16.6. The van der Waals surface area contributed by atoms with E-state index >= 15 is 0 Å². The summed E-state index contributed by atoms with van der Waals surface area (Å²) in [5.74, 6) is -0.168. The Kier molecular flexibility index (Phi) is 6.22. The third-order valence-corrected chi connectivity index (χ3v) is 4.13. The van der Waals surface area contributed by atoms with Gasteiger partial charge in [-0.1, -0.05) is 0 Å². The molecule has 1 atom stereocenters. The van der Waals surface area contributed by atoms with Crippen molar-refractivity contribution in [2.45, 2.75) is 12.7 Å². The lowest BCUT2D eigenvalue weighted by Crippen LogP contribution is -2.49. The standard InChI is InChI=1S/C19H21N3O5/c23-16-3-1-15(2-4-16)18(24)21-11-17-12-22(9-10-26-17)19(25)27-13-14-5-7-20-8-6-14/h1-8,17,23H,9-13H2,(H,21,24). The Hall–Kier alpha value is -3.13. The van der Waals surface area contributed by atoms with E-state index in [1.807, 2.05) is 0 Å². The lowest BCUT2D eigenvalue weighted by Gasteiger charge is -2.32.